The summed E-state index contributed by atoms with van der Waals surface area (Å²) in [5.41, 5.74) is 0. The van der Waals surface area contributed by atoms with Crippen molar-refractivity contribution in [3.63, 3.8) is 0 Å². The van der Waals surface area contributed by atoms with Crippen LogP contribution in [0.4, 0.5) is 4.39 Å². The fourth-order valence-corrected chi connectivity index (χ4v) is 1.88. The van der Waals surface area contributed by atoms with Gasteiger partial charge in [0.25, 0.3) is 0 Å². The summed E-state index contributed by atoms with van der Waals surface area (Å²) in [5, 5.41) is 0. The monoisotopic (exact) mass is 156 g/mol. The third-order valence-electron chi connectivity index (χ3n) is 2.87. The zero-order chi connectivity index (χ0) is 8.27. The van der Waals surface area contributed by atoms with E-state index >= 15 is 0 Å². The number of hydrogen-bond donors (Lipinski definition) is 0. The van der Waals surface area contributed by atoms with Gasteiger partial charge in [0.15, 0.2) is 0 Å². The predicted molar refractivity (Wildman–Crippen MR) is 46.0 cm³/mol. The first-order valence-electron chi connectivity index (χ1n) is 4.58. The molecular formula is C10H17F. The molecule has 0 aromatic carbocycles. The van der Waals surface area contributed by atoms with Crippen LogP contribution in [0.2, 0.25) is 0 Å². The largest absolute Gasteiger partial charge is 0.212 e. The van der Waals surface area contributed by atoms with Crippen LogP contribution in [0.15, 0.2) is 12.4 Å². The second kappa shape index (κ2) is 3.89. The van der Waals surface area contributed by atoms with Crippen molar-refractivity contribution in [2.24, 2.45) is 11.8 Å². The van der Waals surface area contributed by atoms with Crippen LogP contribution < -0.4 is 0 Å². The molecule has 0 unspecified atom stereocenters. The Labute approximate surface area is 68.5 Å². The predicted octanol–water partition coefficient (Wildman–Crippen LogP) is 3.69. The Morgan fingerprint density at radius 1 is 1.36 bits per heavy atom. The third kappa shape index (κ3) is 2.32. The van der Waals surface area contributed by atoms with Gasteiger partial charge in [0.05, 0.1) is 5.83 Å². The molecule has 0 aromatic rings. The molecule has 1 saturated carbocycles. The van der Waals surface area contributed by atoms with Gasteiger partial charge in [-0.1, -0.05) is 19.9 Å². The molecule has 1 aliphatic rings. The molecule has 0 nitrogen and oxygen atoms in total. The van der Waals surface area contributed by atoms with Crippen LogP contribution in [0.5, 0.6) is 0 Å². The Morgan fingerprint density at radius 3 is 2.27 bits per heavy atom. The van der Waals surface area contributed by atoms with Crippen LogP contribution in [-0.4, -0.2) is 0 Å². The van der Waals surface area contributed by atoms with Gasteiger partial charge in [-0.25, -0.2) is 4.39 Å². The summed E-state index contributed by atoms with van der Waals surface area (Å²) in [6.45, 7) is 5.58. The summed E-state index contributed by atoms with van der Waals surface area (Å²) in [7, 11) is 0. The molecule has 64 valence electrons. The maximum absolute atomic E-state index is 12.6. The Bertz CT molecular complexity index is 132. The van der Waals surface area contributed by atoms with Gasteiger partial charge in [-0.3, -0.25) is 0 Å². The highest BCUT2D eigenvalue weighted by Crippen LogP contribution is 2.34. The normalized spacial score (nSPS) is 31.8. The van der Waals surface area contributed by atoms with Gasteiger partial charge < -0.3 is 0 Å². The molecular weight excluding hydrogens is 139 g/mol. The Balaban J connectivity index is 2.30. The Morgan fingerprint density at radius 2 is 1.91 bits per heavy atom. The average Bonchev–Trinajstić information content (AvgIpc) is 2.05. The topological polar surface area (TPSA) is 0 Å². The summed E-state index contributed by atoms with van der Waals surface area (Å²) in [6, 6.07) is 0. The van der Waals surface area contributed by atoms with Crippen LogP contribution >= 0.6 is 0 Å². The highest BCUT2D eigenvalue weighted by molar-refractivity contribution is 4.91. The summed E-state index contributed by atoms with van der Waals surface area (Å²) in [5.74, 6) is 0.933. The van der Waals surface area contributed by atoms with Crippen molar-refractivity contribution in [3.05, 3.63) is 12.4 Å². The van der Waals surface area contributed by atoms with Crippen LogP contribution in [0.3, 0.4) is 0 Å². The molecule has 0 bridgehead atoms. The molecule has 1 aliphatic carbocycles. The van der Waals surface area contributed by atoms with E-state index in [9.17, 15) is 4.39 Å². The minimum absolute atomic E-state index is 0.0976. The van der Waals surface area contributed by atoms with Gasteiger partial charge in [-0.2, -0.15) is 0 Å². The van der Waals surface area contributed by atoms with E-state index in [1.54, 1.807) is 0 Å². The first-order chi connectivity index (χ1) is 5.24. The molecule has 1 fully saturated rings. The van der Waals surface area contributed by atoms with Gasteiger partial charge in [0, 0.05) is 5.92 Å². The highest BCUT2D eigenvalue weighted by Gasteiger charge is 2.21. The van der Waals surface area contributed by atoms with Crippen molar-refractivity contribution in [1.82, 2.24) is 0 Å². The SMILES string of the molecule is C=C(F)C1CCC(CC)CC1. The number of rotatable bonds is 2. The molecule has 0 aliphatic heterocycles. The average molecular weight is 156 g/mol. The molecule has 1 rings (SSSR count). The molecule has 1 heteroatoms. The first kappa shape index (κ1) is 8.76. The fraction of sp³-hybridized carbons (Fsp3) is 0.800. The van der Waals surface area contributed by atoms with E-state index in [0.717, 1.165) is 18.8 Å². The Hall–Kier alpha value is -0.330. The molecule has 0 spiro atoms. The molecule has 0 amide bonds. The lowest BCUT2D eigenvalue weighted by Crippen LogP contribution is -2.13. The Kier molecular flexibility index (Phi) is 3.10. The zero-order valence-electron chi connectivity index (χ0n) is 7.28. The lowest BCUT2D eigenvalue weighted by Gasteiger charge is -2.26. The second-order valence-corrected chi connectivity index (χ2v) is 3.57. The molecule has 0 aromatic heterocycles. The number of allylic oxidation sites excluding steroid dienone is 1. The molecule has 0 heterocycles. The van der Waals surface area contributed by atoms with Crippen LogP contribution in [0, 0.1) is 11.8 Å². The zero-order valence-corrected chi connectivity index (χ0v) is 7.28. The minimum atomic E-state index is -0.0976. The van der Waals surface area contributed by atoms with Crippen molar-refractivity contribution in [2.45, 2.75) is 39.0 Å². The maximum Gasteiger partial charge on any atom is 0.0958 e. The summed E-state index contributed by atoms with van der Waals surface area (Å²) < 4.78 is 12.6. The van der Waals surface area contributed by atoms with Gasteiger partial charge in [0.1, 0.15) is 0 Å². The summed E-state index contributed by atoms with van der Waals surface area (Å²) >= 11 is 0. The van der Waals surface area contributed by atoms with Crippen molar-refractivity contribution in [2.75, 3.05) is 0 Å². The van der Waals surface area contributed by atoms with Crippen molar-refractivity contribution < 1.29 is 4.39 Å². The van der Waals surface area contributed by atoms with Gasteiger partial charge in [0.2, 0.25) is 0 Å². The summed E-state index contributed by atoms with van der Waals surface area (Å²) in [4.78, 5) is 0. The lowest BCUT2D eigenvalue weighted by atomic mass is 9.80. The van der Waals surface area contributed by atoms with Crippen molar-refractivity contribution in [1.29, 1.82) is 0 Å². The number of halogens is 1. The smallest absolute Gasteiger partial charge is 0.0958 e. The van der Waals surface area contributed by atoms with Crippen LogP contribution in [-0.2, 0) is 0 Å². The third-order valence-corrected chi connectivity index (χ3v) is 2.87. The molecule has 0 saturated heterocycles. The highest BCUT2D eigenvalue weighted by atomic mass is 19.1. The minimum Gasteiger partial charge on any atom is -0.212 e. The maximum atomic E-state index is 12.6. The molecule has 0 atom stereocenters. The standard InChI is InChI=1S/C10H17F/c1-3-9-4-6-10(7-5-9)8(2)11/h9-10H,2-7H2,1H3. The van der Waals surface area contributed by atoms with E-state index in [2.05, 4.69) is 13.5 Å². The van der Waals surface area contributed by atoms with Crippen molar-refractivity contribution in [3.8, 4) is 0 Å². The summed E-state index contributed by atoms with van der Waals surface area (Å²) in [6.07, 6.45) is 5.70. The molecule has 0 radical (unpaired) electrons. The number of hydrogen-bond acceptors (Lipinski definition) is 0. The van der Waals surface area contributed by atoms with Gasteiger partial charge in [-0.15, -0.1) is 0 Å². The first-order valence-corrected chi connectivity index (χ1v) is 4.58. The lowest BCUT2D eigenvalue weighted by molar-refractivity contribution is 0.270. The quantitative estimate of drug-likeness (QED) is 0.572. The van der Waals surface area contributed by atoms with Crippen molar-refractivity contribution >= 4 is 0 Å². The second-order valence-electron chi connectivity index (χ2n) is 3.57. The van der Waals surface area contributed by atoms with E-state index in [1.165, 1.54) is 19.3 Å². The van der Waals surface area contributed by atoms with E-state index in [4.69, 9.17) is 0 Å². The molecule has 11 heavy (non-hydrogen) atoms. The van der Waals surface area contributed by atoms with E-state index in [0.29, 0.717) is 0 Å². The van der Waals surface area contributed by atoms with E-state index < -0.39 is 0 Å². The fourth-order valence-electron chi connectivity index (χ4n) is 1.88. The van der Waals surface area contributed by atoms with E-state index in [1.807, 2.05) is 0 Å². The van der Waals surface area contributed by atoms with Gasteiger partial charge >= 0.3 is 0 Å². The van der Waals surface area contributed by atoms with Crippen LogP contribution in [0.1, 0.15) is 39.0 Å². The van der Waals surface area contributed by atoms with Crippen LogP contribution in [0.25, 0.3) is 0 Å². The van der Waals surface area contributed by atoms with Gasteiger partial charge in [-0.05, 0) is 31.6 Å². The molecule has 0 N–H and O–H groups in total. The van der Waals surface area contributed by atoms with E-state index in [-0.39, 0.29) is 11.7 Å².